The molecule has 11 heteroatoms. The van der Waals surface area contributed by atoms with Gasteiger partial charge >= 0.3 is 18.2 Å². The van der Waals surface area contributed by atoms with E-state index >= 15 is 0 Å². The number of hydrogen-bond donors (Lipinski definition) is 3. The van der Waals surface area contributed by atoms with Crippen LogP contribution in [-0.2, 0) is 19.1 Å². The van der Waals surface area contributed by atoms with E-state index in [1.54, 1.807) is 59.1 Å². The number of carboxylic acid groups (broad SMARTS) is 1. The number of carbonyl (C=O) groups excluding carboxylic acids is 2. The highest BCUT2D eigenvalue weighted by Gasteiger charge is 2.22. The lowest BCUT2D eigenvalue weighted by molar-refractivity contribution is -0.129. The topological polar surface area (TPSA) is 136 Å². The van der Waals surface area contributed by atoms with Crippen molar-refractivity contribution in [3.8, 4) is 0 Å². The molecule has 1 aromatic rings. The highest BCUT2D eigenvalue weighted by molar-refractivity contribution is 7.13. The number of alkyl carbamates (subject to hydrolysis) is 2. The van der Waals surface area contributed by atoms with Gasteiger partial charge in [-0.15, -0.1) is 11.3 Å². The Bertz CT molecular complexity index is 717. The van der Waals surface area contributed by atoms with E-state index in [-0.39, 0.29) is 18.8 Å². The predicted octanol–water partition coefficient (Wildman–Crippen LogP) is 2.97. The van der Waals surface area contributed by atoms with E-state index < -0.39 is 35.5 Å². The van der Waals surface area contributed by atoms with Gasteiger partial charge < -0.3 is 30.1 Å². The van der Waals surface area contributed by atoms with Gasteiger partial charge in [0.05, 0.1) is 18.0 Å². The molecule has 30 heavy (non-hydrogen) atoms. The molecule has 1 heterocycles. The molecule has 1 rings (SSSR count). The number of oxime groups is 1. The lowest BCUT2D eigenvalue weighted by Crippen LogP contribution is -2.43. The van der Waals surface area contributed by atoms with Crippen molar-refractivity contribution in [3.05, 3.63) is 22.4 Å². The minimum absolute atomic E-state index is 0.0917. The first-order valence-corrected chi connectivity index (χ1v) is 10.1. The maximum absolute atomic E-state index is 11.9. The number of hydrogen-bond acceptors (Lipinski definition) is 8. The second-order valence-electron chi connectivity index (χ2n) is 8.22. The van der Waals surface area contributed by atoms with Gasteiger partial charge in [-0.3, -0.25) is 0 Å². The molecule has 0 fully saturated rings. The fourth-order valence-electron chi connectivity index (χ4n) is 1.90. The molecule has 0 aliphatic carbocycles. The first-order chi connectivity index (χ1) is 13.8. The van der Waals surface area contributed by atoms with Crippen LogP contribution in [0.4, 0.5) is 9.59 Å². The van der Waals surface area contributed by atoms with Gasteiger partial charge in [-0.25, -0.2) is 14.4 Å². The number of aliphatic carboxylic acids is 1. The Morgan fingerprint density at radius 3 is 1.90 bits per heavy atom. The molecule has 0 saturated heterocycles. The third kappa shape index (κ3) is 10.6. The molecule has 0 radical (unpaired) electrons. The summed E-state index contributed by atoms with van der Waals surface area (Å²) in [7, 11) is 0. The Hall–Kier alpha value is -2.82. The van der Waals surface area contributed by atoms with Gasteiger partial charge in [0.15, 0.2) is 6.10 Å². The smallest absolute Gasteiger partial charge is 0.407 e. The lowest BCUT2D eigenvalue weighted by Gasteiger charge is -2.23. The van der Waals surface area contributed by atoms with Gasteiger partial charge in [-0.05, 0) is 53.0 Å². The van der Waals surface area contributed by atoms with Gasteiger partial charge in [-0.1, -0.05) is 11.2 Å². The van der Waals surface area contributed by atoms with Gasteiger partial charge in [0, 0.05) is 0 Å². The molecule has 0 spiro atoms. The Kier molecular flexibility index (Phi) is 9.09. The molecule has 0 unspecified atom stereocenters. The number of nitrogens with one attached hydrogen (secondary N) is 2. The monoisotopic (exact) mass is 443 g/mol. The average molecular weight is 444 g/mol. The number of ether oxygens (including phenoxy) is 2. The van der Waals surface area contributed by atoms with Gasteiger partial charge in [0.25, 0.3) is 0 Å². The van der Waals surface area contributed by atoms with Crippen LogP contribution in [0.1, 0.15) is 46.4 Å². The van der Waals surface area contributed by atoms with E-state index in [9.17, 15) is 19.5 Å². The SMILES string of the molecule is CC(C)(C)OC(=O)NCC(CNC(=O)OC(C)(C)C)O/N=C(\C(=O)O)c1cccs1. The number of carboxylic acids is 1. The molecular weight excluding hydrogens is 414 g/mol. The summed E-state index contributed by atoms with van der Waals surface area (Å²) < 4.78 is 10.3. The Balaban J connectivity index is 2.82. The molecule has 1 aromatic heterocycles. The summed E-state index contributed by atoms with van der Waals surface area (Å²) >= 11 is 1.19. The van der Waals surface area contributed by atoms with E-state index in [1.807, 2.05) is 0 Å². The van der Waals surface area contributed by atoms with Crippen LogP contribution in [0.3, 0.4) is 0 Å². The molecule has 0 atom stereocenters. The number of rotatable bonds is 8. The Morgan fingerprint density at radius 1 is 1.03 bits per heavy atom. The van der Waals surface area contributed by atoms with E-state index in [4.69, 9.17) is 14.3 Å². The second kappa shape index (κ2) is 10.8. The average Bonchev–Trinajstić information content (AvgIpc) is 3.07. The molecule has 0 aromatic carbocycles. The molecule has 2 amide bonds. The molecule has 0 bridgehead atoms. The van der Waals surface area contributed by atoms with Crippen molar-refractivity contribution < 1.29 is 33.8 Å². The summed E-state index contributed by atoms with van der Waals surface area (Å²) in [6.45, 7) is 10.1. The molecule has 10 nitrogen and oxygen atoms in total. The minimum atomic E-state index is -1.27. The van der Waals surface area contributed by atoms with Crippen molar-refractivity contribution >= 4 is 35.2 Å². The van der Waals surface area contributed by atoms with E-state index in [1.165, 1.54) is 11.3 Å². The molecule has 0 saturated carbocycles. The molecular formula is C19H29N3O7S. The van der Waals surface area contributed by atoms with Crippen LogP contribution >= 0.6 is 11.3 Å². The normalized spacial score (nSPS) is 12.3. The van der Waals surface area contributed by atoms with Gasteiger partial charge in [0.2, 0.25) is 5.71 Å². The van der Waals surface area contributed by atoms with Crippen LogP contribution in [0, 0.1) is 0 Å². The summed E-state index contributed by atoms with van der Waals surface area (Å²) in [5, 5.41) is 19.8. The predicted molar refractivity (Wildman–Crippen MR) is 112 cm³/mol. The summed E-state index contributed by atoms with van der Waals surface area (Å²) in [5.74, 6) is -1.27. The number of nitrogens with zero attached hydrogens (tertiary/aromatic N) is 1. The van der Waals surface area contributed by atoms with Crippen LogP contribution in [-0.4, -0.2) is 59.4 Å². The number of carbonyl (C=O) groups is 3. The van der Waals surface area contributed by atoms with Crippen molar-refractivity contribution in [3.63, 3.8) is 0 Å². The fourth-order valence-corrected chi connectivity index (χ4v) is 2.60. The van der Waals surface area contributed by atoms with Crippen molar-refractivity contribution in [2.75, 3.05) is 13.1 Å². The lowest BCUT2D eigenvalue weighted by atomic mass is 10.2. The van der Waals surface area contributed by atoms with E-state index in [0.29, 0.717) is 4.88 Å². The highest BCUT2D eigenvalue weighted by atomic mass is 32.1. The highest BCUT2D eigenvalue weighted by Crippen LogP contribution is 2.12. The Labute approximate surface area is 179 Å². The largest absolute Gasteiger partial charge is 0.476 e. The summed E-state index contributed by atoms with van der Waals surface area (Å²) in [5.41, 5.74) is -1.67. The van der Waals surface area contributed by atoms with Crippen molar-refractivity contribution in [2.45, 2.75) is 58.8 Å². The maximum atomic E-state index is 11.9. The molecule has 168 valence electrons. The molecule has 3 N–H and O–H groups in total. The molecule has 0 aliphatic heterocycles. The summed E-state index contributed by atoms with van der Waals surface area (Å²) in [6, 6.07) is 3.28. The summed E-state index contributed by atoms with van der Waals surface area (Å²) in [4.78, 5) is 41.0. The Morgan fingerprint density at radius 2 is 1.53 bits per heavy atom. The quantitative estimate of drug-likeness (QED) is 0.415. The van der Waals surface area contributed by atoms with Crippen LogP contribution in [0.15, 0.2) is 22.7 Å². The first kappa shape index (κ1) is 25.2. The van der Waals surface area contributed by atoms with Crippen LogP contribution in [0.25, 0.3) is 0 Å². The van der Waals surface area contributed by atoms with Gasteiger partial charge in [-0.2, -0.15) is 0 Å². The van der Waals surface area contributed by atoms with Crippen LogP contribution in [0.2, 0.25) is 0 Å². The van der Waals surface area contributed by atoms with Crippen molar-refractivity contribution in [1.82, 2.24) is 10.6 Å². The minimum Gasteiger partial charge on any atom is -0.476 e. The maximum Gasteiger partial charge on any atom is 0.407 e. The molecule has 0 aliphatic rings. The third-order valence-electron chi connectivity index (χ3n) is 3.00. The zero-order chi connectivity index (χ0) is 22.9. The van der Waals surface area contributed by atoms with E-state index in [2.05, 4.69) is 15.8 Å². The van der Waals surface area contributed by atoms with Crippen LogP contribution in [0.5, 0.6) is 0 Å². The number of thiophene rings is 1. The standard InChI is InChI=1S/C19H29N3O7S/c1-18(2,3)27-16(25)20-10-12(11-21-17(26)28-19(4,5)6)29-22-14(15(23)24)13-8-7-9-30-13/h7-9,12H,10-11H2,1-6H3,(H,20,25)(H,21,26)(H,23,24)/b22-14-. The van der Waals surface area contributed by atoms with Crippen LogP contribution < -0.4 is 10.6 Å². The first-order valence-electron chi connectivity index (χ1n) is 9.21. The zero-order valence-corrected chi connectivity index (χ0v) is 18.8. The van der Waals surface area contributed by atoms with Gasteiger partial charge in [0.1, 0.15) is 11.2 Å². The summed E-state index contributed by atoms with van der Waals surface area (Å²) in [6.07, 6.45) is -2.25. The third-order valence-corrected chi connectivity index (χ3v) is 3.87. The van der Waals surface area contributed by atoms with Crippen molar-refractivity contribution in [1.29, 1.82) is 0 Å². The number of amides is 2. The zero-order valence-electron chi connectivity index (χ0n) is 18.0. The van der Waals surface area contributed by atoms with E-state index in [0.717, 1.165) is 0 Å². The van der Waals surface area contributed by atoms with Crippen molar-refractivity contribution in [2.24, 2.45) is 5.16 Å². The second-order valence-corrected chi connectivity index (χ2v) is 9.16. The fraction of sp³-hybridized carbons (Fsp3) is 0.579.